The molecule has 2 aromatic heterocycles. The number of ether oxygens (including phenoxy) is 1. The number of aromatic amines is 1. The molecule has 1 aliphatic heterocycles. The van der Waals surface area contributed by atoms with E-state index in [1.807, 2.05) is 35.9 Å². The second kappa shape index (κ2) is 11.1. The molecule has 1 N–H and O–H groups in total. The Labute approximate surface area is 211 Å². The van der Waals surface area contributed by atoms with Crippen LogP contribution in [0.5, 0.6) is 0 Å². The van der Waals surface area contributed by atoms with Crippen molar-refractivity contribution in [1.82, 2.24) is 30.1 Å². The van der Waals surface area contributed by atoms with Gasteiger partial charge in [0, 0.05) is 25.3 Å². The largest absolute Gasteiger partial charge is 0.376 e. The van der Waals surface area contributed by atoms with Gasteiger partial charge in [0.1, 0.15) is 0 Å². The minimum Gasteiger partial charge on any atom is -0.376 e. The summed E-state index contributed by atoms with van der Waals surface area (Å²) in [5.41, 5.74) is 3.83. The third-order valence-electron chi connectivity index (χ3n) is 7.03. The summed E-state index contributed by atoms with van der Waals surface area (Å²) in [4.78, 5) is 18.6. The van der Waals surface area contributed by atoms with Crippen LogP contribution in [0.25, 0.3) is 10.9 Å². The summed E-state index contributed by atoms with van der Waals surface area (Å²) in [5.74, 6) is 0.830. The Balaban J connectivity index is 1.51. The molecule has 0 amide bonds. The van der Waals surface area contributed by atoms with Crippen LogP contribution < -0.4 is 5.56 Å². The van der Waals surface area contributed by atoms with E-state index in [-0.39, 0.29) is 17.7 Å². The Kier molecular flexibility index (Phi) is 7.53. The maximum absolute atomic E-state index is 13.2. The average molecular weight is 487 g/mol. The van der Waals surface area contributed by atoms with Crippen LogP contribution >= 0.6 is 0 Å². The highest BCUT2D eigenvalue weighted by Crippen LogP contribution is 2.29. The molecule has 36 heavy (non-hydrogen) atoms. The minimum atomic E-state index is -0.0518. The summed E-state index contributed by atoms with van der Waals surface area (Å²) in [6, 6.07) is 18.5. The van der Waals surface area contributed by atoms with Crippen LogP contribution in [-0.4, -0.2) is 42.8 Å². The fourth-order valence-electron chi connectivity index (χ4n) is 5.17. The number of para-hydroxylation sites is 1. The first kappa shape index (κ1) is 24.3. The SMILES string of the molecule is CCC[C@@H](c1nnnn1C[C@H]1CCCO1)N(Cc1ccccc1)Cc1cc2cccc(C)c2[nH]c1=O. The van der Waals surface area contributed by atoms with Gasteiger partial charge < -0.3 is 9.72 Å². The second-order valence-corrected chi connectivity index (χ2v) is 9.71. The first-order valence-electron chi connectivity index (χ1n) is 12.9. The van der Waals surface area contributed by atoms with Crippen LogP contribution in [-0.2, 0) is 24.4 Å². The van der Waals surface area contributed by atoms with Crippen molar-refractivity contribution < 1.29 is 4.74 Å². The van der Waals surface area contributed by atoms with E-state index in [0.29, 0.717) is 19.6 Å². The van der Waals surface area contributed by atoms with Crippen molar-refractivity contribution in [3.63, 3.8) is 0 Å². The number of rotatable bonds is 10. The maximum atomic E-state index is 13.2. The zero-order chi connectivity index (χ0) is 24.9. The highest BCUT2D eigenvalue weighted by molar-refractivity contribution is 5.81. The zero-order valence-electron chi connectivity index (χ0n) is 21.1. The van der Waals surface area contributed by atoms with Gasteiger partial charge in [0.05, 0.1) is 24.2 Å². The molecule has 0 saturated carbocycles. The molecule has 8 heteroatoms. The normalized spacial score (nSPS) is 16.7. The van der Waals surface area contributed by atoms with E-state index < -0.39 is 0 Å². The first-order chi connectivity index (χ1) is 17.6. The molecule has 0 spiro atoms. The third-order valence-corrected chi connectivity index (χ3v) is 7.03. The lowest BCUT2D eigenvalue weighted by atomic mass is 10.0. The molecule has 1 fully saturated rings. The van der Waals surface area contributed by atoms with Gasteiger partial charge in [-0.1, -0.05) is 61.9 Å². The number of aromatic nitrogens is 5. The number of aryl methyl sites for hydroxylation is 1. The quantitative estimate of drug-likeness (QED) is 0.354. The highest BCUT2D eigenvalue weighted by atomic mass is 16.5. The number of fused-ring (bicyclic) bond motifs is 1. The van der Waals surface area contributed by atoms with Crippen molar-refractivity contribution in [3.05, 3.63) is 87.5 Å². The van der Waals surface area contributed by atoms with Crippen molar-refractivity contribution in [3.8, 4) is 0 Å². The summed E-state index contributed by atoms with van der Waals surface area (Å²) < 4.78 is 7.77. The molecule has 0 bridgehead atoms. The summed E-state index contributed by atoms with van der Waals surface area (Å²) in [6.45, 7) is 6.82. The highest BCUT2D eigenvalue weighted by Gasteiger charge is 2.28. The Bertz CT molecular complexity index is 1340. The predicted molar refractivity (Wildman–Crippen MR) is 139 cm³/mol. The third kappa shape index (κ3) is 5.39. The van der Waals surface area contributed by atoms with E-state index in [1.165, 1.54) is 5.56 Å². The molecule has 1 aliphatic rings. The van der Waals surface area contributed by atoms with Gasteiger partial charge in [0.15, 0.2) is 5.82 Å². The number of nitrogens with one attached hydrogen (secondary N) is 1. The van der Waals surface area contributed by atoms with Crippen molar-refractivity contribution in [2.24, 2.45) is 0 Å². The van der Waals surface area contributed by atoms with E-state index in [0.717, 1.165) is 60.1 Å². The van der Waals surface area contributed by atoms with Gasteiger partial charge in [0.25, 0.3) is 5.56 Å². The van der Waals surface area contributed by atoms with Gasteiger partial charge in [-0.05, 0) is 59.2 Å². The second-order valence-electron chi connectivity index (χ2n) is 9.71. The van der Waals surface area contributed by atoms with Crippen molar-refractivity contribution in [2.75, 3.05) is 6.61 Å². The molecular formula is C28H34N6O2. The van der Waals surface area contributed by atoms with E-state index >= 15 is 0 Å². The predicted octanol–water partition coefficient (Wildman–Crippen LogP) is 4.55. The van der Waals surface area contributed by atoms with E-state index in [2.05, 4.69) is 62.7 Å². The van der Waals surface area contributed by atoms with E-state index in [1.54, 1.807) is 0 Å². The number of pyridine rings is 1. The molecule has 4 aromatic rings. The van der Waals surface area contributed by atoms with Gasteiger partial charge in [0.2, 0.25) is 0 Å². The van der Waals surface area contributed by atoms with Crippen LogP contribution in [0, 0.1) is 6.92 Å². The van der Waals surface area contributed by atoms with Gasteiger partial charge in [-0.3, -0.25) is 9.69 Å². The van der Waals surface area contributed by atoms with Crippen LogP contribution in [0.2, 0.25) is 0 Å². The lowest BCUT2D eigenvalue weighted by molar-refractivity contribution is 0.0885. The number of nitrogens with zero attached hydrogens (tertiary/aromatic N) is 5. The standard InChI is InChI=1S/C28H34N6O2/c1-3-9-25(27-30-31-32-34(27)19-24-14-8-15-36-24)33(17-21-11-5-4-6-12-21)18-23-16-22-13-7-10-20(2)26(22)29-28(23)35/h4-7,10-13,16,24-25H,3,8-9,14-15,17-19H2,1-2H3,(H,29,35)/t24-,25+/m1/s1. The lowest BCUT2D eigenvalue weighted by Gasteiger charge is -2.31. The van der Waals surface area contributed by atoms with Crippen molar-refractivity contribution in [1.29, 1.82) is 0 Å². The smallest absolute Gasteiger partial charge is 0.252 e. The van der Waals surface area contributed by atoms with Crippen LogP contribution in [0.15, 0.2) is 59.4 Å². The number of benzene rings is 2. The van der Waals surface area contributed by atoms with Crippen molar-refractivity contribution in [2.45, 2.75) is 71.3 Å². The zero-order valence-corrected chi connectivity index (χ0v) is 21.1. The molecule has 0 unspecified atom stereocenters. The molecule has 0 radical (unpaired) electrons. The summed E-state index contributed by atoms with van der Waals surface area (Å²) in [6.07, 6.45) is 4.09. The first-order valence-corrected chi connectivity index (χ1v) is 12.9. The fraction of sp³-hybridized carbons (Fsp3) is 0.429. The van der Waals surface area contributed by atoms with E-state index in [4.69, 9.17) is 4.74 Å². The molecular weight excluding hydrogens is 452 g/mol. The number of H-pyrrole nitrogens is 1. The Morgan fingerprint density at radius 2 is 2.03 bits per heavy atom. The number of hydrogen-bond acceptors (Lipinski definition) is 6. The molecule has 5 rings (SSSR count). The molecule has 2 atom stereocenters. The van der Waals surface area contributed by atoms with Gasteiger partial charge in [-0.2, -0.15) is 0 Å². The Hall–Kier alpha value is -3.36. The summed E-state index contributed by atoms with van der Waals surface area (Å²) >= 11 is 0. The van der Waals surface area contributed by atoms with Crippen LogP contribution in [0.4, 0.5) is 0 Å². The average Bonchev–Trinajstić information content (AvgIpc) is 3.57. The Morgan fingerprint density at radius 1 is 1.17 bits per heavy atom. The molecule has 8 nitrogen and oxygen atoms in total. The minimum absolute atomic E-state index is 0.0424. The van der Waals surface area contributed by atoms with Crippen molar-refractivity contribution >= 4 is 10.9 Å². The Morgan fingerprint density at radius 3 is 2.81 bits per heavy atom. The number of hydrogen-bond donors (Lipinski definition) is 1. The van der Waals surface area contributed by atoms with Crippen LogP contribution in [0.3, 0.4) is 0 Å². The topological polar surface area (TPSA) is 88.9 Å². The monoisotopic (exact) mass is 486 g/mol. The number of tetrazole rings is 1. The lowest BCUT2D eigenvalue weighted by Crippen LogP contribution is -2.33. The molecule has 3 heterocycles. The van der Waals surface area contributed by atoms with Gasteiger partial charge >= 0.3 is 0 Å². The van der Waals surface area contributed by atoms with Gasteiger partial charge in [-0.25, -0.2) is 4.68 Å². The molecule has 0 aliphatic carbocycles. The fourth-order valence-corrected chi connectivity index (χ4v) is 5.17. The molecule has 1 saturated heterocycles. The molecule has 2 aromatic carbocycles. The maximum Gasteiger partial charge on any atom is 0.252 e. The summed E-state index contributed by atoms with van der Waals surface area (Å²) in [5, 5.41) is 13.9. The molecule has 188 valence electrons. The summed E-state index contributed by atoms with van der Waals surface area (Å²) in [7, 11) is 0. The van der Waals surface area contributed by atoms with Gasteiger partial charge in [-0.15, -0.1) is 5.10 Å². The van der Waals surface area contributed by atoms with E-state index in [9.17, 15) is 4.79 Å². The van der Waals surface area contributed by atoms with Crippen LogP contribution in [0.1, 0.15) is 61.2 Å².